The van der Waals surface area contributed by atoms with Crippen molar-refractivity contribution < 1.29 is 0 Å². The van der Waals surface area contributed by atoms with Gasteiger partial charge in [0.2, 0.25) is 0 Å². The molecule has 0 radical (unpaired) electrons. The van der Waals surface area contributed by atoms with E-state index in [1.54, 1.807) is 0 Å². The molecule has 2 fully saturated rings. The smallest absolute Gasteiger partial charge is 0.0309 e. The van der Waals surface area contributed by atoms with Crippen molar-refractivity contribution in [1.29, 1.82) is 0 Å². The molecule has 0 aromatic carbocycles. The first-order chi connectivity index (χ1) is 8.67. The molecule has 2 heteroatoms. The SMILES string of the molecule is CCCC(C)N1CC2(CCCCC2)NCCC1C. The molecule has 0 bridgehead atoms. The third-order valence-electron chi connectivity index (χ3n) is 5.20. The fourth-order valence-corrected chi connectivity index (χ4v) is 4.01. The summed E-state index contributed by atoms with van der Waals surface area (Å²) in [6.45, 7) is 9.68. The summed E-state index contributed by atoms with van der Waals surface area (Å²) in [6.07, 6.45) is 11.1. The van der Waals surface area contributed by atoms with Crippen LogP contribution >= 0.6 is 0 Å². The number of hydrogen-bond donors (Lipinski definition) is 1. The van der Waals surface area contributed by atoms with Gasteiger partial charge in [-0.3, -0.25) is 4.90 Å². The first-order valence-corrected chi connectivity index (χ1v) is 8.18. The zero-order valence-electron chi connectivity index (χ0n) is 12.7. The molecule has 0 aromatic rings. The highest BCUT2D eigenvalue weighted by Gasteiger charge is 2.37. The van der Waals surface area contributed by atoms with Crippen LogP contribution in [-0.4, -0.2) is 35.6 Å². The van der Waals surface area contributed by atoms with Crippen LogP contribution in [-0.2, 0) is 0 Å². The number of rotatable bonds is 3. The van der Waals surface area contributed by atoms with E-state index in [-0.39, 0.29) is 0 Å². The Morgan fingerprint density at radius 3 is 2.67 bits per heavy atom. The highest BCUT2D eigenvalue weighted by Crippen LogP contribution is 2.32. The number of nitrogens with one attached hydrogen (secondary N) is 1. The first kappa shape index (κ1) is 14.3. The Balaban J connectivity index is 2.06. The standard InChI is InChI=1S/C16H32N2/c1-4-8-14(2)18-13-16(10-6-5-7-11-16)17-12-9-15(18)3/h14-15,17H,4-13H2,1-3H3. The van der Waals surface area contributed by atoms with Crippen LogP contribution in [0.1, 0.15) is 72.1 Å². The number of hydrogen-bond acceptors (Lipinski definition) is 2. The Labute approximate surface area is 114 Å². The molecule has 1 heterocycles. The van der Waals surface area contributed by atoms with Gasteiger partial charge in [0.15, 0.2) is 0 Å². The van der Waals surface area contributed by atoms with Gasteiger partial charge < -0.3 is 5.32 Å². The zero-order chi connectivity index (χ0) is 13.0. The lowest BCUT2D eigenvalue weighted by molar-refractivity contribution is 0.0980. The molecule has 106 valence electrons. The molecule has 1 aliphatic carbocycles. The van der Waals surface area contributed by atoms with Gasteiger partial charge in [-0.15, -0.1) is 0 Å². The summed E-state index contributed by atoms with van der Waals surface area (Å²) in [5, 5.41) is 3.91. The molecule has 0 amide bonds. The van der Waals surface area contributed by atoms with E-state index in [4.69, 9.17) is 0 Å². The van der Waals surface area contributed by atoms with Crippen molar-refractivity contribution in [1.82, 2.24) is 10.2 Å². The molecule has 2 aliphatic rings. The molecule has 1 aliphatic heterocycles. The summed E-state index contributed by atoms with van der Waals surface area (Å²) >= 11 is 0. The van der Waals surface area contributed by atoms with Gasteiger partial charge >= 0.3 is 0 Å². The second kappa shape index (κ2) is 6.38. The Hall–Kier alpha value is -0.0800. The predicted molar refractivity (Wildman–Crippen MR) is 79.0 cm³/mol. The van der Waals surface area contributed by atoms with Crippen LogP contribution in [0, 0.1) is 0 Å². The van der Waals surface area contributed by atoms with Crippen molar-refractivity contribution >= 4 is 0 Å². The van der Waals surface area contributed by atoms with Crippen molar-refractivity contribution in [2.24, 2.45) is 0 Å². The topological polar surface area (TPSA) is 15.3 Å². The molecule has 0 aromatic heterocycles. The molecule has 2 rings (SSSR count). The first-order valence-electron chi connectivity index (χ1n) is 8.18. The van der Waals surface area contributed by atoms with Gasteiger partial charge in [0.25, 0.3) is 0 Å². The molecule has 1 N–H and O–H groups in total. The lowest BCUT2D eigenvalue weighted by Crippen LogP contribution is -2.55. The van der Waals surface area contributed by atoms with E-state index in [1.807, 2.05) is 0 Å². The summed E-state index contributed by atoms with van der Waals surface area (Å²) in [4.78, 5) is 2.80. The normalized spacial score (nSPS) is 31.2. The highest BCUT2D eigenvalue weighted by atomic mass is 15.2. The van der Waals surface area contributed by atoms with Gasteiger partial charge in [0, 0.05) is 24.2 Å². The van der Waals surface area contributed by atoms with Crippen molar-refractivity contribution in [2.75, 3.05) is 13.1 Å². The van der Waals surface area contributed by atoms with Gasteiger partial charge in [0.1, 0.15) is 0 Å². The monoisotopic (exact) mass is 252 g/mol. The third kappa shape index (κ3) is 3.27. The molecular formula is C16H32N2. The molecule has 1 spiro atoms. The lowest BCUT2D eigenvalue weighted by Gasteiger charge is -2.43. The van der Waals surface area contributed by atoms with E-state index in [2.05, 4.69) is 31.0 Å². The van der Waals surface area contributed by atoms with E-state index in [1.165, 1.54) is 64.5 Å². The number of nitrogens with zero attached hydrogens (tertiary/aromatic N) is 1. The molecule has 1 saturated carbocycles. The lowest BCUT2D eigenvalue weighted by atomic mass is 9.81. The highest BCUT2D eigenvalue weighted by molar-refractivity contribution is 4.97. The average molecular weight is 252 g/mol. The quantitative estimate of drug-likeness (QED) is 0.826. The van der Waals surface area contributed by atoms with Crippen LogP contribution in [0.3, 0.4) is 0 Å². The van der Waals surface area contributed by atoms with Gasteiger partial charge in [0.05, 0.1) is 0 Å². The fourth-order valence-electron chi connectivity index (χ4n) is 4.01. The average Bonchev–Trinajstić information content (AvgIpc) is 2.51. The third-order valence-corrected chi connectivity index (χ3v) is 5.20. The van der Waals surface area contributed by atoms with Crippen LogP contribution in [0.5, 0.6) is 0 Å². The van der Waals surface area contributed by atoms with E-state index < -0.39 is 0 Å². The predicted octanol–water partition coefficient (Wildman–Crippen LogP) is 3.56. The molecule has 2 unspecified atom stereocenters. The second-order valence-electron chi connectivity index (χ2n) is 6.72. The van der Waals surface area contributed by atoms with E-state index in [0.29, 0.717) is 5.54 Å². The Kier molecular flexibility index (Phi) is 5.08. The minimum Gasteiger partial charge on any atom is -0.310 e. The summed E-state index contributed by atoms with van der Waals surface area (Å²) in [5.74, 6) is 0. The van der Waals surface area contributed by atoms with Crippen molar-refractivity contribution in [3.05, 3.63) is 0 Å². The Bertz CT molecular complexity index is 245. The minimum atomic E-state index is 0.449. The molecular weight excluding hydrogens is 220 g/mol. The largest absolute Gasteiger partial charge is 0.310 e. The van der Waals surface area contributed by atoms with Crippen LogP contribution in [0.25, 0.3) is 0 Å². The molecule has 2 nitrogen and oxygen atoms in total. The Morgan fingerprint density at radius 2 is 2.00 bits per heavy atom. The van der Waals surface area contributed by atoms with Gasteiger partial charge in [-0.25, -0.2) is 0 Å². The van der Waals surface area contributed by atoms with E-state index >= 15 is 0 Å². The van der Waals surface area contributed by atoms with Crippen molar-refractivity contribution in [3.63, 3.8) is 0 Å². The maximum absolute atomic E-state index is 3.91. The summed E-state index contributed by atoms with van der Waals surface area (Å²) in [5.41, 5.74) is 0.449. The Morgan fingerprint density at radius 1 is 1.28 bits per heavy atom. The molecule has 18 heavy (non-hydrogen) atoms. The zero-order valence-corrected chi connectivity index (χ0v) is 12.7. The van der Waals surface area contributed by atoms with Gasteiger partial charge in [-0.2, -0.15) is 0 Å². The molecule has 1 saturated heterocycles. The van der Waals surface area contributed by atoms with Crippen LogP contribution < -0.4 is 5.32 Å². The fraction of sp³-hybridized carbons (Fsp3) is 1.00. The summed E-state index contributed by atoms with van der Waals surface area (Å²) in [6, 6.07) is 1.50. The molecule has 2 atom stereocenters. The summed E-state index contributed by atoms with van der Waals surface area (Å²) in [7, 11) is 0. The maximum atomic E-state index is 3.91. The van der Waals surface area contributed by atoms with Crippen molar-refractivity contribution in [3.8, 4) is 0 Å². The van der Waals surface area contributed by atoms with E-state index in [0.717, 1.165) is 12.1 Å². The van der Waals surface area contributed by atoms with Gasteiger partial charge in [-0.05, 0) is 46.1 Å². The van der Waals surface area contributed by atoms with Crippen molar-refractivity contribution in [2.45, 2.75) is 89.8 Å². The second-order valence-corrected chi connectivity index (χ2v) is 6.72. The minimum absolute atomic E-state index is 0.449. The summed E-state index contributed by atoms with van der Waals surface area (Å²) < 4.78 is 0. The van der Waals surface area contributed by atoms with Crippen LogP contribution in [0.4, 0.5) is 0 Å². The maximum Gasteiger partial charge on any atom is 0.0309 e. The van der Waals surface area contributed by atoms with Gasteiger partial charge in [-0.1, -0.05) is 32.6 Å². The van der Waals surface area contributed by atoms with Crippen LogP contribution in [0.2, 0.25) is 0 Å². The van der Waals surface area contributed by atoms with E-state index in [9.17, 15) is 0 Å². The van der Waals surface area contributed by atoms with Crippen LogP contribution in [0.15, 0.2) is 0 Å².